The second kappa shape index (κ2) is 5.02. The predicted molar refractivity (Wildman–Crippen MR) is 66.6 cm³/mol. The van der Waals surface area contributed by atoms with Crippen molar-refractivity contribution in [1.82, 2.24) is 4.31 Å². The normalized spacial score (nSPS) is 23.9. The zero-order valence-electron chi connectivity index (χ0n) is 10.6. The van der Waals surface area contributed by atoms with Gasteiger partial charge in [0.15, 0.2) is 0 Å². The maximum atomic E-state index is 12.1. The maximum absolute atomic E-state index is 12.1. The Balaban J connectivity index is 2.59. The molecule has 1 atom stereocenters. The quantitative estimate of drug-likeness (QED) is 0.808. The smallest absolute Gasteiger partial charge is 0.214 e. The zero-order valence-corrected chi connectivity index (χ0v) is 11.4. The van der Waals surface area contributed by atoms with Crippen LogP contribution in [0, 0.1) is 11.3 Å². The number of nitrogens with two attached hydrogens (primary N) is 1. The van der Waals surface area contributed by atoms with Crippen LogP contribution < -0.4 is 5.73 Å². The highest BCUT2D eigenvalue weighted by Crippen LogP contribution is 2.25. The molecule has 1 aliphatic rings. The molecular formula is C11H24N2O2S. The van der Waals surface area contributed by atoms with Gasteiger partial charge in [-0.3, -0.25) is 0 Å². The average Bonchev–Trinajstić information content (AvgIpc) is 2.49. The van der Waals surface area contributed by atoms with Crippen molar-refractivity contribution >= 4 is 10.0 Å². The minimum absolute atomic E-state index is 0.176. The van der Waals surface area contributed by atoms with E-state index in [4.69, 9.17) is 5.73 Å². The number of sulfonamides is 1. The molecule has 1 unspecified atom stereocenters. The lowest BCUT2D eigenvalue weighted by atomic mass is 10.0. The first-order valence-electron chi connectivity index (χ1n) is 5.92. The van der Waals surface area contributed by atoms with Gasteiger partial charge in [-0.15, -0.1) is 0 Å². The average molecular weight is 248 g/mol. The lowest BCUT2D eigenvalue weighted by molar-refractivity contribution is 0.414. The Morgan fingerprint density at radius 1 is 1.38 bits per heavy atom. The van der Waals surface area contributed by atoms with Gasteiger partial charge in [0.25, 0.3) is 0 Å². The van der Waals surface area contributed by atoms with Crippen molar-refractivity contribution in [2.24, 2.45) is 17.1 Å². The van der Waals surface area contributed by atoms with Crippen LogP contribution in [0.1, 0.15) is 33.6 Å². The van der Waals surface area contributed by atoms with Crippen molar-refractivity contribution in [2.75, 3.05) is 25.4 Å². The van der Waals surface area contributed by atoms with E-state index in [1.165, 1.54) is 0 Å². The Morgan fingerprint density at radius 3 is 2.50 bits per heavy atom. The molecule has 0 amide bonds. The van der Waals surface area contributed by atoms with Crippen LogP contribution in [-0.2, 0) is 10.0 Å². The summed E-state index contributed by atoms with van der Waals surface area (Å²) >= 11 is 0. The summed E-state index contributed by atoms with van der Waals surface area (Å²) in [6.07, 6.45) is 1.89. The van der Waals surface area contributed by atoms with Gasteiger partial charge in [0.05, 0.1) is 5.75 Å². The van der Waals surface area contributed by atoms with E-state index in [1.54, 1.807) is 4.31 Å². The van der Waals surface area contributed by atoms with Gasteiger partial charge in [-0.05, 0) is 30.7 Å². The first-order chi connectivity index (χ1) is 7.24. The van der Waals surface area contributed by atoms with E-state index < -0.39 is 10.0 Å². The third-order valence-electron chi connectivity index (χ3n) is 2.83. The van der Waals surface area contributed by atoms with Crippen molar-refractivity contribution in [3.8, 4) is 0 Å². The van der Waals surface area contributed by atoms with Crippen LogP contribution in [0.25, 0.3) is 0 Å². The minimum Gasteiger partial charge on any atom is -0.330 e. The second-order valence-electron chi connectivity index (χ2n) is 5.91. The topological polar surface area (TPSA) is 63.4 Å². The van der Waals surface area contributed by atoms with Crippen molar-refractivity contribution in [3.05, 3.63) is 0 Å². The van der Waals surface area contributed by atoms with Crippen molar-refractivity contribution in [2.45, 2.75) is 33.6 Å². The highest BCUT2D eigenvalue weighted by Gasteiger charge is 2.33. The monoisotopic (exact) mass is 248 g/mol. The summed E-state index contributed by atoms with van der Waals surface area (Å²) in [5.41, 5.74) is 5.32. The summed E-state index contributed by atoms with van der Waals surface area (Å²) in [5.74, 6) is 0.690. The molecule has 0 saturated carbocycles. The van der Waals surface area contributed by atoms with E-state index in [-0.39, 0.29) is 11.2 Å². The molecule has 0 spiro atoms. The molecular weight excluding hydrogens is 224 g/mol. The summed E-state index contributed by atoms with van der Waals surface area (Å²) in [4.78, 5) is 0. The Labute approximate surface area is 99.2 Å². The summed E-state index contributed by atoms with van der Waals surface area (Å²) < 4.78 is 25.8. The van der Waals surface area contributed by atoms with Crippen LogP contribution in [0.4, 0.5) is 0 Å². The molecule has 16 heavy (non-hydrogen) atoms. The maximum Gasteiger partial charge on any atom is 0.214 e. The van der Waals surface area contributed by atoms with E-state index in [9.17, 15) is 8.42 Å². The Kier molecular flexibility index (Phi) is 4.37. The van der Waals surface area contributed by atoms with E-state index >= 15 is 0 Å². The van der Waals surface area contributed by atoms with Gasteiger partial charge in [0.1, 0.15) is 0 Å². The minimum atomic E-state index is -3.08. The number of hydrogen-bond donors (Lipinski definition) is 1. The molecule has 4 nitrogen and oxygen atoms in total. The molecule has 5 heteroatoms. The van der Waals surface area contributed by atoms with E-state index in [1.807, 2.05) is 20.8 Å². The molecule has 0 bridgehead atoms. The van der Waals surface area contributed by atoms with Crippen LogP contribution in [-0.4, -0.2) is 38.1 Å². The highest BCUT2D eigenvalue weighted by atomic mass is 32.2. The number of hydrogen-bond acceptors (Lipinski definition) is 3. The molecule has 1 saturated heterocycles. The van der Waals surface area contributed by atoms with E-state index in [0.717, 1.165) is 12.8 Å². The molecule has 1 fully saturated rings. The predicted octanol–water partition coefficient (Wildman–Crippen LogP) is 1.03. The molecule has 0 aliphatic carbocycles. The summed E-state index contributed by atoms with van der Waals surface area (Å²) in [7, 11) is -3.08. The van der Waals surface area contributed by atoms with Crippen LogP contribution >= 0.6 is 0 Å². The van der Waals surface area contributed by atoms with Crippen LogP contribution in [0.3, 0.4) is 0 Å². The Hall–Kier alpha value is -0.130. The molecule has 1 aliphatic heterocycles. The fourth-order valence-electron chi connectivity index (χ4n) is 2.16. The standard InChI is InChI=1S/C11H24N2O2S/c1-11(2,3)9-16(14,15)13-7-5-10(8-13)4-6-12/h10H,4-9,12H2,1-3H3. The van der Waals surface area contributed by atoms with Crippen molar-refractivity contribution in [3.63, 3.8) is 0 Å². The summed E-state index contributed by atoms with van der Waals surface area (Å²) in [6.45, 7) is 7.85. The van der Waals surface area contributed by atoms with Gasteiger partial charge in [-0.1, -0.05) is 20.8 Å². The van der Waals surface area contributed by atoms with Crippen LogP contribution in [0.15, 0.2) is 0 Å². The SMILES string of the molecule is CC(C)(C)CS(=O)(=O)N1CCC(CCN)C1. The number of nitrogens with zero attached hydrogens (tertiary/aromatic N) is 1. The fraction of sp³-hybridized carbons (Fsp3) is 1.00. The first-order valence-corrected chi connectivity index (χ1v) is 7.53. The van der Waals surface area contributed by atoms with Gasteiger partial charge in [-0.25, -0.2) is 12.7 Å². The van der Waals surface area contributed by atoms with Gasteiger partial charge in [0, 0.05) is 13.1 Å². The Morgan fingerprint density at radius 2 is 2.00 bits per heavy atom. The fourth-order valence-corrected chi connectivity index (χ4v) is 4.26. The molecule has 0 radical (unpaired) electrons. The van der Waals surface area contributed by atoms with Crippen molar-refractivity contribution in [1.29, 1.82) is 0 Å². The van der Waals surface area contributed by atoms with Crippen LogP contribution in [0.5, 0.6) is 0 Å². The third kappa shape index (κ3) is 4.03. The lowest BCUT2D eigenvalue weighted by Gasteiger charge is -2.23. The molecule has 2 N–H and O–H groups in total. The van der Waals surface area contributed by atoms with Gasteiger partial charge in [0.2, 0.25) is 10.0 Å². The highest BCUT2D eigenvalue weighted by molar-refractivity contribution is 7.89. The third-order valence-corrected chi connectivity index (χ3v) is 5.18. The number of rotatable bonds is 4. The molecule has 0 aromatic carbocycles. The van der Waals surface area contributed by atoms with Crippen LogP contribution in [0.2, 0.25) is 0 Å². The molecule has 1 rings (SSSR count). The van der Waals surface area contributed by atoms with Gasteiger partial charge in [-0.2, -0.15) is 0 Å². The van der Waals surface area contributed by atoms with Gasteiger partial charge < -0.3 is 5.73 Å². The second-order valence-corrected chi connectivity index (χ2v) is 7.88. The Bertz CT molecular complexity index is 319. The summed E-state index contributed by atoms with van der Waals surface area (Å²) in [5, 5.41) is 0. The molecule has 1 heterocycles. The summed E-state index contributed by atoms with van der Waals surface area (Å²) in [6, 6.07) is 0. The lowest BCUT2D eigenvalue weighted by Crippen LogP contribution is -2.35. The first kappa shape index (κ1) is 13.9. The van der Waals surface area contributed by atoms with E-state index in [0.29, 0.717) is 25.6 Å². The largest absolute Gasteiger partial charge is 0.330 e. The molecule has 96 valence electrons. The van der Waals surface area contributed by atoms with Gasteiger partial charge >= 0.3 is 0 Å². The van der Waals surface area contributed by atoms with Crippen molar-refractivity contribution < 1.29 is 8.42 Å². The molecule has 0 aromatic heterocycles. The van der Waals surface area contributed by atoms with E-state index in [2.05, 4.69) is 0 Å². The zero-order chi connectivity index (χ0) is 12.4. The molecule has 0 aromatic rings.